The molecule has 26 heavy (non-hydrogen) atoms. The van der Waals surface area contributed by atoms with Gasteiger partial charge in [-0.15, -0.1) is 11.6 Å². The molecule has 1 saturated carbocycles. The van der Waals surface area contributed by atoms with Crippen LogP contribution in [0.2, 0.25) is 0 Å². The fourth-order valence-corrected chi connectivity index (χ4v) is 3.70. The number of hydrogen-bond donors (Lipinski definition) is 0. The smallest absolute Gasteiger partial charge is 0.416 e. The molecule has 1 aliphatic rings. The number of aromatic nitrogens is 1. The molecule has 0 bridgehead atoms. The molecule has 1 fully saturated rings. The van der Waals surface area contributed by atoms with E-state index in [-0.39, 0.29) is 25.1 Å². The third-order valence-electron chi connectivity index (χ3n) is 3.79. The number of amides is 1. The summed E-state index contributed by atoms with van der Waals surface area (Å²) in [5.74, 6) is -0.400. The zero-order chi connectivity index (χ0) is 18.5. The molecule has 0 aliphatic heterocycles. The van der Waals surface area contributed by atoms with Crippen molar-refractivity contribution in [1.82, 2.24) is 4.98 Å². The van der Waals surface area contributed by atoms with E-state index in [4.69, 9.17) is 21.1 Å². The number of benzene rings is 1. The number of hydrogen-bond acceptors (Lipinski definition) is 6. The molecular formula is C18H19ClN2O4S. The summed E-state index contributed by atoms with van der Waals surface area (Å²) in [5, 5.41) is 0.421. The number of carbonyl (C=O) groups is 2. The summed E-state index contributed by atoms with van der Waals surface area (Å²) in [5.41, 5.74) is 1.33. The number of rotatable bonds is 7. The van der Waals surface area contributed by atoms with Crippen LogP contribution in [0.25, 0.3) is 0 Å². The van der Waals surface area contributed by atoms with Crippen molar-refractivity contribution in [2.24, 2.45) is 0 Å². The van der Waals surface area contributed by atoms with E-state index < -0.39 is 12.1 Å². The van der Waals surface area contributed by atoms with Crippen molar-refractivity contribution in [1.29, 1.82) is 0 Å². The van der Waals surface area contributed by atoms with E-state index >= 15 is 0 Å². The minimum Gasteiger partial charge on any atom is -0.462 e. The van der Waals surface area contributed by atoms with Gasteiger partial charge in [0.15, 0.2) is 5.13 Å². The third kappa shape index (κ3) is 4.34. The molecule has 138 valence electrons. The first-order valence-electron chi connectivity index (χ1n) is 8.36. The SMILES string of the molecule is CCOC(=O)c1sc(N(C(=O)OCc2ccccc2)C2CC2)nc1CCl. The lowest BCUT2D eigenvalue weighted by Gasteiger charge is -2.18. The molecule has 0 saturated heterocycles. The van der Waals surface area contributed by atoms with Crippen molar-refractivity contribution in [3.63, 3.8) is 0 Å². The zero-order valence-corrected chi connectivity index (χ0v) is 15.9. The number of halogens is 1. The van der Waals surface area contributed by atoms with Gasteiger partial charge in [0.05, 0.1) is 18.2 Å². The molecule has 6 nitrogen and oxygen atoms in total. The molecule has 0 spiro atoms. The molecule has 1 heterocycles. The highest BCUT2D eigenvalue weighted by Gasteiger charge is 2.38. The van der Waals surface area contributed by atoms with E-state index in [1.807, 2.05) is 30.3 Å². The van der Waals surface area contributed by atoms with Gasteiger partial charge in [0.1, 0.15) is 11.5 Å². The molecule has 0 unspecified atom stereocenters. The summed E-state index contributed by atoms with van der Waals surface area (Å²) in [6.45, 7) is 2.18. The second kappa shape index (κ2) is 8.51. The van der Waals surface area contributed by atoms with E-state index in [9.17, 15) is 9.59 Å². The lowest BCUT2D eigenvalue weighted by molar-refractivity contribution is 0.0531. The largest absolute Gasteiger partial charge is 0.462 e. The quantitative estimate of drug-likeness (QED) is 0.515. The number of carbonyl (C=O) groups excluding carboxylic acids is 2. The van der Waals surface area contributed by atoms with Crippen LogP contribution in [-0.4, -0.2) is 29.7 Å². The highest BCUT2D eigenvalue weighted by Crippen LogP contribution is 2.36. The molecule has 2 aromatic rings. The maximum absolute atomic E-state index is 12.6. The van der Waals surface area contributed by atoms with Crippen molar-refractivity contribution in [2.75, 3.05) is 11.5 Å². The number of anilines is 1. The van der Waals surface area contributed by atoms with Crippen LogP contribution in [0.3, 0.4) is 0 Å². The Balaban J connectivity index is 1.77. The fourth-order valence-electron chi connectivity index (χ4n) is 2.39. The van der Waals surface area contributed by atoms with Crippen LogP contribution in [0.1, 0.15) is 40.7 Å². The minimum absolute atomic E-state index is 0.0441. The summed E-state index contributed by atoms with van der Waals surface area (Å²) in [4.78, 5) is 30.9. The van der Waals surface area contributed by atoms with E-state index in [1.165, 1.54) is 4.90 Å². The van der Waals surface area contributed by atoms with Gasteiger partial charge in [-0.3, -0.25) is 0 Å². The fraction of sp³-hybridized carbons (Fsp3) is 0.389. The Hall–Kier alpha value is -2.12. The number of alkyl halides is 1. The van der Waals surface area contributed by atoms with Crippen LogP contribution in [0.15, 0.2) is 30.3 Å². The van der Waals surface area contributed by atoms with Crippen LogP contribution < -0.4 is 4.90 Å². The molecular weight excluding hydrogens is 376 g/mol. The van der Waals surface area contributed by atoms with Crippen LogP contribution in [0.4, 0.5) is 9.93 Å². The van der Waals surface area contributed by atoms with Crippen LogP contribution in [0.5, 0.6) is 0 Å². The summed E-state index contributed by atoms with van der Waals surface area (Å²) in [6.07, 6.45) is 1.29. The molecule has 8 heteroatoms. The molecule has 0 radical (unpaired) electrons. The maximum Gasteiger partial charge on any atom is 0.416 e. The van der Waals surface area contributed by atoms with Gasteiger partial charge < -0.3 is 9.47 Å². The first-order valence-corrected chi connectivity index (χ1v) is 9.71. The zero-order valence-electron chi connectivity index (χ0n) is 14.3. The van der Waals surface area contributed by atoms with Gasteiger partial charge in [-0.1, -0.05) is 41.7 Å². The van der Waals surface area contributed by atoms with Gasteiger partial charge in [-0.25, -0.2) is 19.5 Å². The van der Waals surface area contributed by atoms with E-state index in [0.29, 0.717) is 15.7 Å². The highest BCUT2D eigenvalue weighted by atomic mass is 35.5. The van der Waals surface area contributed by atoms with Gasteiger partial charge in [0.2, 0.25) is 0 Å². The Bertz CT molecular complexity index is 777. The van der Waals surface area contributed by atoms with Crippen molar-refractivity contribution in [2.45, 2.75) is 38.3 Å². The Morgan fingerprint density at radius 2 is 2.00 bits per heavy atom. The van der Waals surface area contributed by atoms with Crippen LogP contribution in [-0.2, 0) is 22.0 Å². The number of nitrogens with zero attached hydrogens (tertiary/aromatic N) is 2. The summed E-state index contributed by atoms with van der Waals surface area (Å²) < 4.78 is 10.5. The van der Waals surface area contributed by atoms with E-state index in [1.54, 1.807) is 6.92 Å². The predicted molar refractivity (Wildman–Crippen MR) is 99.8 cm³/mol. The van der Waals surface area contributed by atoms with E-state index in [2.05, 4.69) is 4.98 Å². The third-order valence-corrected chi connectivity index (χ3v) is 5.12. The monoisotopic (exact) mass is 394 g/mol. The molecule has 3 rings (SSSR count). The molecule has 1 amide bonds. The Kier molecular flexibility index (Phi) is 6.11. The number of esters is 1. The standard InChI is InChI=1S/C18H19ClN2O4S/c1-2-24-16(22)15-14(10-19)20-17(26-15)21(13-8-9-13)18(23)25-11-12-6-4-3-5-7-12/h3-7,13H,2,8-11H2,1H3. The molecule has 1 aromatic carbocycles. The second-order valence-electron chi connectivity index (χ2n) is 5.77. The lowest BCUT2D eigenvalue weighted by atomic mass is 10.2. The topological polar surface area (TPSA) is 68.7 Å². The first kappa shape index (κ1) is 18.7. The van der Waals surface area contributed by atoms with E-state index in [0.717, 1.165) is 29.7 Å². The van der Waals surface area contributed by atoms with Gasteiger partial charge in [-0.2, -0.15) is 0 Å². The minimum atomic E-state index is -0.472. The highest BCUT2D eigenvalue weighted by molar-refractivity contribution is 7.17. The van der Waals surface area contributed by atoms with Crippen LogP contribution in [0, 0.1) is 0 Å². The predicted octanol–water partition coefficient (Wildman–Crippen LogP) is 4.36. The Morgan fingerprint density at radius 1 is 1.27 bits per heavy atom. The normalized spacial score (nSPS) is 13.3. The molecule has 1 aliphatic carbocycles. The lowest BCUT2D eigenvalue weighted by Crippen LogP contribution is -2.33. The number of thiazole rings is 1. The summed E-state index contributed by atoms with van der Waals surface area (Å²) >= 11 is 7.03. The average Bonchev–Trinajstić information content (AvgIpc) is 3.39. The van der Waals surface area contributed by atoms with Crippen molar-refractivity contribution >= 4 is 40.1 Å². The van der Waals surface area contributed by atoms with Gasteiger partial charge in [-0.05, 0) is 25.3 Å². The Labute approximate surface area is 160 Å². The van der Waals surface area contributed by atoms with Crippen LogP contribution >= 0.6 is 22.9 Å². The average molecular weight is 395 g/mol. The molecule has 0 atom stereocenters. The summed E-state index contributed by atoms with van der Waals surface area (Å²) in [7, 11) is 0. The maximum atomic E-state index is 12.6. The van der Waals surface area contributed by atoms with Gasteiger partial charge in [0, 0.05) is 6.04 Å². The van der Waals surface area contributed by atoms with Crippen molar-refractivity contribution < 1.29 is 19.1 Å². The van der Waals surface area contributed by atoms with Crippen molar-refractivity contribution in [3.8, 4) is 0 Å². The second-order valence-corrected chi connectivity index (χ2v) is 7.01. The molecule has 0 N–H and O–H groups in total. The Morgan fingerprint density at radius 3 is 2.62 bits per heavy atom. The summed E-state index contributed by atoms with van der Waals surface area (Å²) in [6, 6.07) is 9.51. The number of ether oxygens (including phenoxy) is 2. The molecule has 1 aromatic heterocycles. The first-order chi connectivity index (χ1) is 12.6. The van der Waals surface area contributed by atoms with Gasteiger partial charge >= 0.3 is 12.1 Å². The van der Waals surface area contributed by atoms with Crippen molar-refractivity contribution in [3.05, 3.63) is 46.5 Å². The van der Waals surface area contributed by atoms with Gasteiger partial charge in [0.25, 0.3) is 0 Å².